The molecule has 0 aliphatic carbocycles. The van der Waals surface area contributed by atoms with Crippen molar-refractivity contribution in [1.29, 1.82) is 0 Å². The Morgan fingerprint density at radius 2 is 2.40 bits per heavy atom. The van der Waals surface area contributed by atoms with Crippen LogP contribution in [0.4, 0.5) is 0 Å². The van der Waals surface area contributed by atoms with E-state index in [2.05, 4.69) is 10.9 Å². The summed E-state index contributed by atoms with van der Waals surface area (Å²) >= 11 is 0. The van der Waals surface area contributed by atoms with Crippen molar-refractivity contribution in [2.24, 2.45) is 0 Å². The van der Waals surface area contributed by atoms with E-state index < -0.39 is 0 Å². The van der Waals surface area contributed by atoms with E-state index in [1.807, 2.05) is 0 Å². The van der Waals surface area contributed by atoms with Crippen molar-refractivity contribution in [1.82, 2.24) is 4.98 Å². The summed E-state index contributed by atoms with van der Waals surface area (Å²) < 4.78 is 5.03. The summed E-state index contributed by atoms with van der Waals surface area (Å²) in [4.78, 5) is 15.2. The zero-order valence-corrected chi connectivity index (χ0v) is 8.48. The van der Waals surface area contributed by atoms with E-state index in [1.54, 1.807) is 18.3 Å². The van der Waals surface area contributed by atoms with Crippen molar-refractivity contribution < 1.29 is 9.53 Å². The molecule has 0 amide bonds. The van der Waals surface area contributed by atoms with Crippen molar-refractivity contribution in [3.63, 3.8) is 0 Å². The van der Waals surface area contributed by atoms with Crippen LogP contribution >= 0.6 is 0 Å². The quantitative estimate of drug-likeness (QED) is 0.417. The maximum atomic E-state index is 11.4. The lowest BCUT2D eigenvalue weighted by atomic mass is 10.2. The molecule has 0 aromatic carbocycles. The average Bonchev–Trinajstić information content (AvgIpc) is 2.30. The van der Waals surface area contributed by atoms with Crippen LogP contribution in [0.5, 0.6) is 0 Å². The van der Waals surface area contributed by atoms with E-state index in [1.165, 1.54) is 6.20 Å². The van der Waals surface area contributed by atoms with E-state index in [9.17, 15) is 4.79 Å². The Bertz CT molecular complexity index is 340. The van der Waals surface area contributed by atoms with Gasteiger partial charge in [0.1, 0.15) is 0 Å². The van der Waals surface area contributed by atoms with E-state index >= 15 is 0 Å². The van der Waals surface area contributed by atoms with Crippen LogP contribution in [0.25, 0.3) is 0 Å². The highest BCUT2D eigenvalue weighted by molar-refractivity contribution is 5.88. The van der Waals surface area contributed by atoms with Gasteiger partial charge in [0.25, 0.3) is 0 Å². The number of unbranched alkanes of at least 4 members (excludes halogenated alkanes) is 2. The summed E-state index contributed by atoms with van der Waals surface area (Å²) in [6.07, 6.45) is 10.6. The Hall–Kier alpha value is -1.82. The maximum Gasteiger partial charge on any atom is 0.339 e. The molecule has 0 radical (unpaired) electrons. The second-order valence-corrected chi connectivity index (χ2v) is 3.04. The number of rotatable bonds is 5. The van der Waals surface area contributed by atoms with Crippen molar-refractivity contribution >= 4 is 5.97 Å². The fourth-order valence-electron chi connectivity index (χ4n) is 1.06. The molecule has 0 atom stereocenters. The largest absolute Gasteiger partial charge is 0.462 e. The number of hydrogen-bond acceptors (Lipinski definition) is 3. The van der Waals surface area contributed by atoms with Gasteiger partial charge in [-0.15, -0.1) is 12.3 Å². The van der Waals surface area contributed by atoms with Crippen molar-refractivity contribution in [3.8, 4) is 12.3 Å². The van der Waals surface area contributed by atoms with Gasteiger partial charge >= 0.3 is 5.97 Å². The van der Waals surface area contributed by atoms with E-state index in [0.717, 1.165) is 19.3 Å². The van der Waals surface area contributed by atoms with Crippen LogP contribution in [0.3, 0.4) is 0 Å². The summed E-state index contributed by atoms with van der Waals surface area (Å²) in [5.74, 6) is 2.21. The Balaban J connectivity index is 2.23. The topological polar surface area (TPSA) is 39.2 Å². The van der Waals surface area contributed by atoms with Crippen molar-refractivity contribution in [3.05, 3.63) is 30.1 Å². The highest BCUT2D eigenvalue weighted by Gasteiger charge is 2.05. The van der Waals surface area contributed by atoms with Crippen LogP contribution in [-0.2, 0) is 4.74 Å². The third-order valence-electron chi connectivity index (χ3n) is 1.85. The zero-order chi connectivity index (χ0) is 10.9. The smallest absolute Gasteiger partial charge is 0.339 e. The fourth-order valence-corrected chi connectivity index (χ4v) is 1.06. The number of aromatic nitrogens is 1. The number of nitrogens with zero attached hydrogens (tertiary/aromatic N) is 1. The molecule has 0 aliphatic heterocycles. The third-order valence-corrected chi connectivity index (χ3v) is 1.85. The van der Waals surface area contributed by atoms with Gasteiger partial charge in [-0.25, -0.2) is 4.79 Å². The van der Waals surface area contributed by atoms with Crippen LogP contribution in [0.2, 0.25) is 0 Å². The Kier molecular flexibility index (Phi) is 4.96. The average molecular weight is 203 g/mol. The first kappa shape index (κ1) is 11.3. The molecule has 1 aromatic rings. The molecule has 0 saturated heterocycles. The summed E-state index contributed by atoms with van der Waals surface area (Å²) in [5, 5.41) is 0. The van der Waals surface area contributed by atoms with E-state index in [4.69, 9.17) is 11.2 Å². The third kappa shape index (κ3) is 4.28. The van der Waals surface area contributed by atoms with Crippen molar-refractivity contribution in [2.75, 3.05) is 6.61 Å². The molecule has 0 unspecified atom stereocenters. The zero-order valence-electron chi connectivity index (χ0n) is 8.48. The minimum Gasteiger partial charge on any atom is -0.462 e. The minimum atomic E-state index is -0.330. The lowest BCUT2D eigenvalue weighted by molar-refractivity contribution is 0.0498. The van der Waals surface area contributed by atoms with Gasteiger partial charge in [-0.2, -0.15) is 0 Å². The lowest BCUT2D eigenvalue weighted by Gasteiger charge is -2.02. The van der Waals surface area contributed by atoms with Gasteiger partial charge in [-0.3, -0.25) is 4.98 Å². The molecule has 1 rings (SSSR count). The molecule has 1 aromatic heterocycles. The molecule has 1 heterocycles. The molecule has 15 heavy (non-hydrogen) atoms. The molecular weight excluding hydrogens is 190 g/mol. The van der Waals surface area contributed by atoms with Gasteiger partial charge < -0.3 is 4.74 Å². The Morgan fingerprint density at radius 3 is 3.07 bits per heavy atom. The Labute approximate surface area is 89.5 Å². The number of ether oxygens (including phenoxy) is 1. The predicted octanol–water partition coefficient (Wildman–Crippen LogP) is 2.04. The molecule has 0 N–H and O–H groups in total. The van der Waals surface area contributed by atoms with Crippen molar-refractivity contribution in [2.45, 2.75) is 19.3 Å². The fraction of sp³-hybridized carbons (Fsp3) is 0.333. The standard InChI is InChI=1S/C12H13NO2/c1-2-3-4-5-9-15-12(14)11-7-6-8-13-10-11/h1,6-8,10H,3-5,9H2. The lowest BCUT2D eigenvalue weighted by Crippen LogP contribution is -2.06. The number of carbonyl (C=O) groups is 1. The maximum absolute atomic E-state index is 11.4. The molecule has 0 spiro atoms. The van der Waals surface area contributed by atoms with E-state index in [-0.39, 0.29) is 5.97 Å². The normalized spacial score (nSPS) is 9.27. The molecule has 3 nitrogen and oxygen atoms in total. The van der Waals surface area contributed by atoms with Gasteiger partial charge in [0.05, 0.1) is 12.2 Å². The molecule has 0 aliphatic rings. The predicted molar refractivity (Wildman–Crippen MR) is 57.2 cm³/mol. The van der Waals surface area contributed by atoms with E-state index in [0.29, 0.717) is 12.2 Å². The first-order valence-corrected chi connectivity index (χ1v) is 4.85. The van der Waals surface area contributed by atoms with Gasteiger partial charge in [-0.05, 0) is 25.0 Å². The molecule has 0 saturated carbocycles. The summed E-state index contributed by atoms with van der Waals surface area (Å²) in [7, 11) is 0. The second kappa shape index (κ2) is 6.61. The van der Waals surface area contributed by atoms with Crippen LogP contribution in [0.15, 0.2) is 24.5 Å². The first-order valence-electron chi connectivity index (χ1n) is 4.85. The summed E-state index contributed by atoms with van der Waals surface area (Å²) in [5.41, 5.74) is 0.481. The summed E-state index contributed by atoms with van der Waals surface area (Å²) in [6, 6.07) is 3.38. The van der Waals surface area contributed by atoms with Crippen LogP contribution in [0, 0.1) is 12.3 Å². The SMILES string of the molecule is C#CCCCCOC(=O)c1cccnc1. The molecule has 3 heteroatoms. The molecular formula is C12H13NO2. The van der Waals surface area contributed by atoms with Crippen LogP contribution < -0.4 is 0 Å². The first-order chi connectivity index (χ1) is 7.34. The van der Waals surface area contributed by atoms with Gasteiger partial charge in [0.15, 0.2) is 0 Å². The molecule has 0 fully saturated rings. The Morgan fingerprint density at radius 1 is 1.53 bits per heavy atom. The van der Waals surface area contributed by atoms with Crippen LogP contribution in [-0.4, -0.2) is 17.6 Å². The number of carbonyl (C=O) groups excluding carboxylic acids is 1. The minimum absolute atomic E-state index is 0.330. The van der Waals surface area contributed by atoms with Crippen LogP contribution in [0.1, 0.15) is 29.6 Å². The molecule has 78 valence electrons. The van der Waals surface area contributed by atoms with Gasteiger partial charge in [-0.1, -0.05) is 0 Å². The number of hydrogen-bond donors (Lipinski definition) is 0. The van der Waals surface area contributed by atoms with Gasteiger partial charge in [0.2, 0.25) is 0 Å². The van der Waals surface area contributed by atoms with Gasteiger partial charge in [0, 0.05) is 18.8 Å². The summed E-state index contributed by atoms with van der Waals surface area (Å²) in [6.45, 7) is 0.412. The monoisotopic (exact) mass is 203 g/mol. The highest BCUT2D eigenvalue weighted by Crippen LogP contribution is 2.01. The number of terminal acetylenes is 1. The second-order valence-electron chi connectivity index (χ2n) is 3.04. The number of pyridine rings is 1. The number of esters is 1. The highest BCUT2D eigenvalue weighted by atomic mass is 16.5. The molecule has 0 bridgehead atoms.